The van der Waals surface area contributed by atoms with Gasteiger partial charge in [-0.1, -0.05) is 6.92 Å². The van der Waals surface area contributed by atoms with Crippen LogP contribution in [0.1, 0.15) is 13.3 Å². The average Bonchev–Trinajstić information content (AvgIpc) is 2.63. The number of nitrogens with one attached hydrogen (secondary N) is 1. The summed E-state index contributed by atoms with van der Waals surface area (Å²) in [5.74, 6) is -1.10. The molecule has 0 saturated carbocycles. The number of ether oxygens (including phenoxy) is 1. The number of rotatable bonds is 5. The van der Waals surface area contributed by atoms with Crippen LogP contribution in [-0.2, 0) is 20.9 Å². The zero-order valence-corrected chi connectivity index (χ0v) is 9.92. The summed E-state index contributed by atoms with van der Waals surface area (Å²) in [6.07, 6.45) is 1.94. The van der Waals surface area contributed by atoms with E-state index in [1.165, 1.54) is 6.33 Å². The molecular weight excluding hydrogens is 240 g/mol. The number of nitrogens with zero attached hydrogens (tertiary/aromatic N) is 3. The minimum absolute atomic E-state index is 0.112. The Labute approximate surface area is 103 Å². The van der Waals surface area contributed by atoms with Crippen molar-refractivity contribution in [2.45, 2.75) is 19.9 Å². The number of carbonyl (C=O) groups excluding carboxylic acids is 1. The van der Waals surface area contributed by atoms with E-state index in [1.807, 2.05) is 6.92 Å². The van der Waals surface area contributed by atoms with Crippen molar-refractivity contribution in [2.24, 2.45) is 5.41 Å². The molecular formula is C10H14N4O4. The van der Waals surface area contributed by atoms with Crippen LogP contribution in [0.4, 0.5) is 5.95 Å². The first-order valence-electron chi connectivity index (χ1n) is 5.56. The minimum atomic E-state index is -1.02. The highest BCUT2D eigenvalue weighted by Crippen LogP contribution is 2.32. The van der Waals surface area contributed by atoms with Gasteiger partial charge in [0.25, 0.3) is 0 Å². The van der Waals surface area contributed by atoms with Gasteiger partial charge in [-0.2, -0.15) is 0 Å². The summed E-state index contributed by atoms with van der Waals surface area (Å²) in [5, 5.41) is 15.0. The molecule has 0 aromatic carbocycles. The molecule has 2 heterocycles. The van der Waals surface area contributed by atoms with Gasteiger partial charge in [-0.25, -0.2) is 9.67 Å². The predicted octanol–water partition coefficient (Wildman–Crippen LogP) is -0.272. The van der Waals surface area contributed by atoms with Crippen LogP contribution < -0.4 is 5.32 Å². The Hall–Kier alpha value is -1.96. The summed E-state index contributed by atoms with van der Waals surface area (Å²) in [5.41, 5.74) is -0.502. The van der Waals surface area contributed by atoms with Crippen molar-refractivity contribution in [2.75, 3.05) is 18.5 Å². The molecule has 1 aliphatic rings. The molecule has 1 aromatic heterocycles. The van der Waals surface area contributed by atoms with E-state index < -0.39 is 11.4 Å². The van der Waals surface area contributed by atoms with Gasteiger partial charge >= 0.3 is 5.97 Å². The Bertz CT molecular complexity index is 461. The number of amides is 1. The molecule has 1 amide bonds. The largest absolute Gasteiger partial charge is 0.480 e. The van der Waals surface area contributed by atoms with Crippen molar-refractivity contribution in [1.29, 1.82) is 0 Å². The molecule has 98 valence electrons. The van der Waals surface area contributed by atoms with Gasteiger partial charge in [0.15, 0.2) is 0 Å². The molecule has 2 rings (SSSR count). The standard InChI is InChI=1S/C10H14N4O4/c1-2-10(4-18-5-10)8(17)12-9-11-6-14(13-9)3-7(15)16/h6H,2-5H2,1H3,(H,15,16)(H,12,13,17). The van der Waals surface area contributed by atoms with Crippen LogP contribution in [0.2, 0.25) is 0 Å². The Kier molecular flexibility index (Phi) is 3.28. The highest BCUT2D eigenvalue weighted by molar-refractivity contribution is 5.94. The third-order valence-corrected chi connectivity index (χ3v) is 2.97. The molecule has 0 aliphatic carbocycles. The Morgan fingerprint density at radius 3 is 2.83 bits per heavy atom. The Morgan fingerprint density at radius 1 is 1.61 bits per heavy atom. The van der Waals surface area contributed by atoms with E-state index in [4.69, 9.17) is 9.84 Å². The second-order valence-corrected chi connectivity index (χ2v) is 4.24. The van der Waals surface area contributed by atoms with Gasteiger partial charge in [0.1, 0.15) is 12.9 Å². The number of aliphatic carboxylic acids is 1. The number of carbonyl (C=O) groups is 2. The minimum Gasteiger partial charge on any atom is -0.480 e. The zero-order chi connectivity index (χ0) is 13.2. The van der Waals surface area contributed by atoms with Gasteiger partial charge in [0.2, 0.25) is 11.9 Å². The third kappa shape index (κ3) is 2.33. The molecule has 2 N–H and O–H groups in total. The molecule has 8 nitrogen and oxygen atoms in total. The molecule has 8 heteroatoms. The first kappa shape index (κ1) is 12.5. The van der Waals surface area contributed by atoms with Crippen LogP contribution in [0.5, 0.6) is 0 Å². The van der Waals surface area contributed by atoms with E-state index in [0.29, 0.717) is 19.6 Å². The number of anilines is 1. The molecule has 1 fully saturated rings. The van der Waals surface area contributed by atoms with E-state index in [0.717, 1.165) is 4.68 Å². The summed E-state index contributed by atoms with van der Waals surface area (Å²) in [7, 11) is 0. The summed E-state index contributed by atoms with van der Waals surface area (Å²) in [4.78, 5) is 26.3. The number of carboxylic acids is 1. The lowest BCUT2D eigenvalue weighted by Crippen LogP contribution is -2.51. The molecule has 1 aliphatic heterocycles. The lowest BCUT2D eigenvalue weighted by molar-refractivity contribution is -0.156. The van der Waals surface area contributed by atoms with Crippen LogP contribution in [0.3, 0.4) is 0 Å². The van der Waals surface area contributed by atoms with Crippen LogP contribution in [-0.4, -0.2) is 45.0 Å². The highest BCUT2D eigenvalue weighted by atomic mass is 16.5. The van der Waals surface area contributed by atoms with Crippen LogP contribution >= 0.6 is 0 Å². The first-order valence-corrected chi connectivity index (χ1v) is 5.56. The number of aromatic nitrogens is 3. The molecule has 0 unspecified atom stereocenters. The van der Waals surface area contributed by atoms with Gasteiger partial charge in [-0.05, 0) is 6.42 Å². The second kappa shape index (κ2) is 4.73. The maximum atomic E-state index is 12.0. The zero-order valence-electron chi connectivity index (χ0n) is 9.92. The maximum Gasteiger partial charge on any atom is 0.325 e. The van der Waals surface area contributed by atoms with Crippen molar-refractivity contribution in [3.05, 3.63) is 6.33 Å². The van der Waals surface area contributed by atoms with E-state index in [-0.39, 0.29) is 18.4 Å². The van der Waals surface area contributed by atoms with Gasteiger partial charge in [-0.15, -0.1) is 5.10 Å². The van der Waals surface area contributed by atoms with Crippen molar-refractivity contribution in [3.8, 4) is 0 Å². The molecule has 0 radical (unpaired) electrons. The molecule has 0 spiro atoms. The van der Waals surface area contributed by atoms with Crippen molar-refractivity contribution in [3.63, 3.8) is 0 Å². The second-order valence-electron chi connectivity index (χ2n) is 4.24. The molecule has 1 aromatic rings. The molecule has 0 bridgehead atoms. The summed E-state index contributed by atoms with van der Waals surface area (Å²) in [6, 6.07) is 0. The third-order valence-electron chi connectivity index (χ3n) is 2.97. The fourth-order valence-electron chi connectivity index (χ4n) is 1.65. The molecule has 1 saturated heterocycles. The van der Waals surface area contributed by atoms with Gasteiger partial charge < -0.3 is 9.84 Å². The number of hydrogen-bond acceptors (Lipinski definition) is 5. The van der Waals surface area contributed by atoms with Crippen molar-refractivity contribution in [1.82, 2.24) is 14.8 Å². The van der Waals surface area contributed by atoms with Crippen molar-refractivity contribution >= 4 is 17.8 Å². The fourth-order valence-corrected chi connectivity index (χ4v) is 1.65. The van der Waals surface area contributed by atoms with Crippen LogP contribution in [0.25, 0.3) is 0 Å². The van der Waals surface area contributed by atoms with E-state index in [2.05, 4.69) is 15.4 Å². The Balaban J connectivity index is 1.99. The Morgan fingerprint density at radius 2 is 2.33 bits per heavy atom. The van der Waals surface area contributed by atoms with E-state index in [9.17, 15) is 9.59 Å². The fraction of sp³-hybridized carbons (Fsp3) is 0.600. The summed E-state index contributed by atoms with van der Waals surface area (Å²) >= 11 is 0. The number of carboxylic acid groups (broad SMARTS) is 1. The van der Waals surface area contributed by atoms with Gasteiger partial charge in [0.05, 0.1) is 18.6 Å². The normalized spacial score (nSPS) is 16.9. The van der Waals surface area contributed by atoms with Crippen LogP contribution in [0, 0.1) is 5.41 Å². The monoisotopic (exact) mass is 254 g/mol. The quantitative estimate of drug-likeness (QED) is 0.749. The highest BCUT2D eigenvalue weighted by Gasteiger charge is 2.44. The van der Waals surface area contributed by atoms with Crippen molar-refractivity contribution < 1.29 is 19.4 Å². The average molecular weight is 254 g/mol. The van der Waals surface area contributed by atoms with Crippen LogP contribution in [0.15, 0.2) is 6.33 Å². The van der Waals surface area contributed by atoms with E-state index in [1.54, 1.807) is 0 Å². The van der Waals surface area contributed by atoms with Gasteiger partial charge in [0, 0.05) is 0 Å². The summed E-state index contributed by atoms with van der Waals surface area (Å²) < 4.78 is 6.21. The lowest BCUT2D eigenvalue weighted by atomic mass is 9.82. The lowest BCUT2D eigenvalue weighted by Gasteiger charge is -2.38. The molecule has 0 atom stereocenters. The SMILES string of the molecule is CCC1(C(=O)Nc2ncn(CC(=O)O)n2)COC1. The predicted molar refractivity (Wildman–Crippen MR) is 59.8 cm³/mol. The first-order chi connectivity index (χ1) is 8.55. The topological polar surface area (TPSA) is 106 Å². The maximum absolute atomic E-state index is 12.0. The number of hydrogen-bond donors (Lipinski definition) is 2. The smallest absolute Gasteiger partial charge is 0.325 e. The molecule has 18 heavy (non-hydrogen) atoms. The van der Waals surface area contributed by atoms with Gasteiger partial charge in [-0.3, -0.25) is 14.9 Å². The summed E-state index contributed by atoms with van der Waals surface area (Å²) in [6.45, 7) is 2.42. The van der Waals surface area contributed by atoms with E-state index >= 15 is 0 Å².